The number of piperidine rings is 1. The molecule has 11 nitrogen and oxygen atoms in total. The van der Waals surface area contributed by atoms with Crippen LogP contribution in [0.2, 0.25) is 0 Å². The van der Waals surface area contributed by atoms with Gasteiger partial charge in [0.05, 0.1) is 43.5 Å². The molecule has 0 aromatic carbocycles. The maximum Gasteiger partial charge on any atom is 0.308 e. The van der Waals surface area contributed by atoms with Gasteiger partial charge in [-0.05, 0) is 91.7 Å². The summed E-state index contributed by atoms with van der Waals surface area (Å²) in [6.45, 7) is 11.7. The molecule has 3 heterocycles. The first-order valence-corrected chi connectivity index (χ1v) is 17.7. The van der Waals surface area contributed by atoms with Gasteiger partial charge in [0, 0.05) is 17.8 Å². The number of allylic oxidation sites excluding steroid dienone is 3. The Bertz CT molecular complexity index is 1050. The van der Waals surface area contributed by atoms with Crippen LogP contribution in [0.15, 0.2) is 23.8 Å². The van der Waals surface area contributed by atoms with Gasteiger partial charge in [0.1, 0.15) is 12.2 Å². The Hall–Kier alpha value is -1.70. The van der Waals surface area contributed by atoms with Crippen molar-refractivity contribution in [2.45, 2.75) is 129 Å². The van der Waals surface area contributed by atoms with E-state index in [0.717, 1.165) is 38.0 Å². The fourth-order valence-electron chi connectivity index (χ4n) is 7.39. The molecule has 3 aliphatic rings. The highest BCUT2D eigenvalue weighted by molar-refractivity contribution is 5.91. The summed E-state index contributed by atoms with van der Waals surface area (Å²) in [6, 6.07) is -0.649. The molecule has 0 aliphatic carbocycles. The Morgan fingerprint density at radius 3 is 2.32 bits per heavy atom. The van der Waals surface area contributed by atoms with E-state index in [1.807, 2.05) is 33.8 Å². The molecule has 0 amide bonds. The summed E-state index contributed by atoms with van der Waals surface area (Å²) in [5.74, 6) is -2.29. The number of hydrogen-bond acceptors (Lipinski definition) is 11. The second-order valence-corrected chi connectivity index (χ2v) is 14.4. The number of carbonyl (C=O) groups is 2. The van der Waals surface area contributed by atoms with Crippen LogP contribution in [0.1, 0.15) is 79.6 Å². The Balaban J connectivity index is 2.02. The lowest BCUT2D eigenvalue weighted by molar-refractivity contribution is -0.304. The summed E-state index contributed by atoms with van der Waals surface area (Å²) in [5, 5.41) is 43.9. The second kappa shape index (κ2) is 18.9. The largest absolute Gasteiger partial charge is 0.462 e. The maximum atomic E-state index is 13.5. The molecule has 2 saturated heterocycles. The quantitative estimate of drug-likeness (QED) is 0.284. The fraction of sp³-hybridized carbons (Fsp3) is 0.833. The molecule has 4 N–H and O–H groups in total. The predicted octanol–water partition coefficient (Wildman–Crippen LogP) is 2.69. The van der Waals surface area contributed by atoms with Crippen molar-refractivity contribution < 1.29 is 44.2 Å². The molecule has 0 bridgehead atoms. The van der Waals surface area contributed by atoms with Crippen LogP contribution in [-0.4, -0.2) is 131 Å². The maximum absolute atomic E-state index is 13.5. The number of aliphatic hydroxyl groups is 4. The van der Waals surface area contributed by atoms with Crippen LogP contribution in [0, 0.1) is 23.7 Å². The average molecular weight is 667 g/mol. The molecule has 0 spiro atoms. The fourth-order valence-corrected chi connectivity index (χ4v) is 7.39. The molecule has 0 radical (unpaired) electrons. The minimum atomic E-state index is -1.19. The number of nitrogens with zero attached hydrogens (tertiary/aromatic N) is 2. The van der Waals surface area contributed by atoms with Crippen molar-refractivity contribution in [1.29, 1.82) is 0 Å². The number of hydrogen-bond donors (Lipinski definition) is 4. The normalized spacial score (nSPS) is 40.9. The van der Waals surface area contributed by atoms with Crippen molar-refractivity contribution in [3.8, 4) is 0 Å². The third-order valence-electron chi connectivity index (χ3n) is 10.4. The van der Waals surface area contributed by atoms with Crippen molar-refractivity contribution in [3.05, 3.63) is 23.8 Å². The molecular formula is C36H62N2O9. The number of esters is 1. The highest BCUT2D eigenvalue weighted by Gasteiger charge is 2.47. The summed E-state index contributed by atoms with van der Waals surface area (Å²) >= 11 is 0. The number of rotatable bonds is 8. The number of carbonyl (C=O) groups excluding carboxylic acids is 2. The minimum absolute atomic E-state index is 0.0443. The number of ketones is 1. The van der Waals surface area contributed by atoms with Crippen molar-refractivity contribution in [3.63, 3.8) is 0 Å². The molecule has 270 valence electrons. The zero-order chi connectivity index (χ0) is 34.8. The third kappa shape index (κ3) is 11.2. The standard InChI is InChI=1S/C36H62N2O9/c1-8-30-27(21-39)18-22(2)12-13-28(40)23(3)19-26(14-17-38-15-10-9-11-16-38)35(24(4)29(41)20-31(42)46-30)47-36-34(44)32(37(6)7)33(43)25(5)45-36/h12-13,18,23-27,29-30,32-36,39,41,43-44H,8-11,14-17,19-21H2,1-7H3/b13-12+,22-18+/t23-,24+,25-,26+,27-,29-,30-,32+,33-,34-,35-,36+/m1/s1. The van der Waals surface area contributed by atoms with E-state index in [4.69, 9.17) is 14.2 Å². The van der Waals surface area contributed by atoms with Gasteiger partial charge < -0.3 is 44.4 Å². The van der Waals surface area contributed by atoms with Gasteiger partial charge in [0.15, 0.2) is 12.1 Å². The van der Waals surface area contributed by atoms with E-state index < -0.39 is 66.8 Å². The molecule has 47 heavy (non-hydrogen) atoms. The van der Waals surface area contributed by atoms with Crippen LogP contribution in [0.4, 0.5) is 0 Å². The van der Waals surface area contributed by atoms with Crippen LogP contribution in [0.25, 0.3) is 0 Å². The monoisotopic (exact) mass is 666 g/mol. The molecule has 11 heteroatoms. The smallest absolute Gasteiger partial charge is 0.308 e. The first kappa shape index (κ1) is 39.7. The summed E-state index contributed by atoms with van der Waals surface area (Å²) in [6.07, 6.45) is 3.61. The Morgan fingerprint density at radius 1 is 1.02 bits per heavy atom. The van der Waals surface area contributed by atoms with Crippen molar-refractivity contribution in [1.82, 2.24) is 9.80 Å². The van der Waals surface area contributed by atoms with Crippen LogP contribution in [-0.2, 0) is 23.8 Å². The zero-order valence-corrected chi connectivity index (χ0v) is 29.7. The van der Waals surface area contributed by atoms with E-state index >= 15 is 0 Å². The van der Waals surface area contributed by atoms with Gasteiger partial charge in [0.2, 0.25) is 0 Å². The number of likely N-dealkylation sites (N-methyl/N-ethyl adjacent to an activating group) is 1. The van der Waals surface area contributed by atoms with E-state index in [1.165, 1.54) is 6.42 Å². The Kier molecular flexibility index (Phi) is 16.0. The highest BCUT2D eigenvalue weighted by Crippen LogP contribution is 2.35. The van der Waals surface area contributed by atoms with Gasteiger partial charge in [-0.3, -0.25) is 9.59 Å². The first-order valence-electron chi connectivity index (χ1n) is 17.7. The van der Waals surface area contributed by atoms with Crippen LogP contribution in [0.5, 0.6) is 0 Å². The van der Waals surface area contributed by atoms with Crippen molar-refractivity contribution >= 4 is 11.8 Å². The van der Waals surface area contributed by atoms with E-state index in [1.54, 1.807) is 38.1 Å². The number of cyclic esters (lactones) is 1. The molecular weight excluding hydrogens is 604 g/mol. The Labute approximate surface area is 281 Å². The van der Waals surface area contributed by atoms with E-state index in [9.17, 15) is 30.0 Å². The van der Waals surface area contributed by atoms with E-state index in [2.05, 4.69) is 4.90 Å². The highest BCUT2D eigenvalue weighted by atomic mass is 16.7. The van der Waals surface area contributed by atoms with Gasteiger partial charge in [-0.15, -0.1) is 0 Å². The first-order chi connectivity index (χ1) is 22.3. The summed E-state index contributed by atoms with van der Waals surface area (Å²) in [7, 11) is 3.56. The summed E-state index contributed by atoms with van der Waals surface area (Å²) in [4.78, 5) is 30.9. The topological polar surface area (TPSA) is 149 Å². The van der Waals surface area contributed by atoms with Gasteiger partial charge in [0.25, 0.3) is 0 Å². The molecule has 2 fully saturated rings. The molecule has 0 unspecified atom stereocenters. The van der Waals surface area contributed by atoms with E-state index in [-0.39, 0.29) is 30.6 Å². The minimum Gasteiger partial charge on any atom is -0.462 e. The summed E-state index contributed by atoms with van der Waals surface area (Å²) in [5.41, 5.74) is 0.776. The Morgan fingerprint density at radius 2 is 1.70 bits per heavy atom. The third-order valence-corrected chi connectivity index (χ3v) is 10.4. The van der Waals surface area contributed by atoms with Crippen molar-refractivity contribution in [2.24, 2.45) is 23.7 Å². The lowest BCUT2D eigenvalue weighted by Gasteiger charge is -2.47. The van der Waals surface area contributed by atoms with E-state index in [0.29, 0.717) is 19.3 Å². The molecule has 0 aromatic heterocycles. The molecule has 3 aliphatic heterocycles. The lowest BCUT2D eigenvalue weighted by Crippen LogP contribution is -2.63. The molecule has 3 rings (SSSR count). The SMILES string of the molecule is CC[C@H]1OC(=O)C[C@@H](O)[C@H](C)[C@@H](O[C@@H]2O[C@H](C)[C@@H](O)[C@H](N(C)C)[C@H]2O)[C@@H](CCN2CCCCC2)C[C@@H](C)C(=O)/C=C/C(C)=C/[C@@H]1CO. The molecule has 0 saturated carbocycles. The number of likely N-dealkylation sites (tertiary alicyclic amines) is 1. The second-order valence-electron chi connectivity index (χ2n) is 14.4. The zero-order valence-electron chi connectivity index (χ0n) is 29.7. The van der Waals surface area contributed by atoms with Gasteiger partial charge in [-0.1, -0.05) is 44.9 Å². The molecule has 0 aromatic rings. The van der Waals surface area contributed by atoms with Gasteiger partial charge in [-0.2, -0.15) is 0 Å². The van der Waals surface area contributed by atoms with Gasteiger partial charge in [-0.25, -0.2) is 0 Å². The molecule has 12 atom stereocenters. The number of aliphatic hydroxyl groups excluding tert-OH is 4. The number of ether oxygens (including phenoxy) is 3. The van der Waals surface area contributed by atoms with Crippen LogP contribution >= 0.6 is 0 Å². The van der Waals surface area contributed by atoms with Crippen LogP contribution < -0.4 is 0 Å². The van der Waals surface area contributed by atoms with Crippen LogP contribution in [0.3, 0.4) is 0 Å². The van der Waals surface area contributed by atoms with Crippen molar-refractivity contribution in [2.75, 3.05) is 40.3 Å². The lowest BCUT2D eigenvalue weighted by atomic mass is 9.79. The average Bonchev–Trinajstić information content (AvgIpc) is 3.04. The van der Waals surface area contributed by atoms with Gasteiger partial charge >= 0.3 is 5.97 Å². The summed E-state index contributed by atoms with van der Waals surface area (Å²) < 4.78 is 18.5. The predicted molar refractivity (Wildman–Crippen MR) is 179 cm³/mol.